The molecule has 0 aliphatic rings. The van der Waals surface area contributed by atoms with Gasteiger partial charge in [-0.25, -0.2) is 18.9 Å². The van der Waals surface area contributed by atoms with Crippen molar-refractivity contribution in [1.29, 1.82) is 0 Å². The van der Waals surface area contributed by atoms with Gasteiger partial charge in [-0.1, -0.05) is 12.1 Å². The van der Waals surface area contributed by atoms with E-state index in [1.54, 1.807) is 26.0 Å². The van der Waals surface area contributed by atoms with Crippen molar-refractivity contribution in [3.8, 4) is 22.8 Å². The minimum absolute atomic E-state index is 0.000851. The van der Waals surface area contributed by atoms with Crippen LogP contribution in [0.1, 0.15) is 13.8 Å². The van der Waals surface area contributed by atoms with Crippen molar-refractivity contribution in [3.05, 3.63) is 60.4 Å². The van der Waals surface area contributed by atoms with Gasteiger partial charge in [-0.2, -0.15) is 4.39 Å². The summed E-state index contributed by atoms with van der Waals surface area (Å²) < 4.78 is 44.7. The van der Waals surface area contributed by atoms with Crippen LogP contribution in [0.25, 0.3) is 16.9 Å². The first-order chi connectivity index (χ1) is 14.0. The molecule has 9 heteroatoms. The molecule has 1 aromatic carbocycles. The van der Waals surface area contributed by atoms with Crippen molar-refractivity contribution in [2.24, 2.45) is 0 Å². The Labute approximate surface area is 165 Å². The van der Waals surface area contributed by atoms with E-state index in [1.807, 2.05) is 0 Å². The molecule has 0 spiro atoms. The number of halogens is 2. The van der Waals surface area contributed by atoms with Crippen LogP contribution in [0.5, 0.6) is 5.88 Å². The molecular weight excluding hydrogens is 384 g/mol. The molecule has 2 heterocycles. The summed E-state index contributed by atoms with van der Waals surface area (Å²) in [5.74, 6) is -1.88. The molecular formula is C20H19F2N3O4. The molecule has 29 heavy (non-hydrogen) atoms. The molecule has 0 radical (unpaired) electrons. The lowest BCUT2D eigenvalue weighted by molar-refractivity contribution is -0.176. The molecule has 1 unspecified atom stereocenters. The van der Waals surface area contributed by atoms with Gasteiger partial charge in [-0.05, 0) is 38.1 Å². The van der Waals surface area contributed by atoms with Crippen LogP contribution < -0.4 is 4.74 Å². The third-order valence-electron chi connectivity index (χ3n) is 3.82. The monoisotopic (exact) mass is 403 g/mol. The summed E-state index contributed by atoms with van der Waals surface area (Å²) in [6.45, 7) is 3.71. The van der Waals surface area contributed by atoms with E-state index in [1.165, 1.54) is 41.2 Å². The number of rotatable bonds is 8. The maximum Gasteiger partial charge on any atom is 0.376 e. The molecule has 0 amide bonds. The summed E-state index contributed by atoms with van der Waals surface area (Å²) in [5, 5.41) is 4.25. The number of hydrogen-bond acceptors (Lipinski definition) is 6. The second-order valence-electron chi connectivity index (χ2n) is 5.76. The number of nitrogens with zero attached hydrogens (tertiary/aromatic N) is 3. The Morgan fingerprint density at radius 1 is 1.14 bits per heavy atom. The predicted octanol–water partition coefficient (Wildman–Crippen LogP) is 3.52. The van der Waals surface area contributed by atoms with Gasteiger partial charge < -0.3 is 14.2 Å². The van der Waals surface area contributed by atoms with Crippen molar-refractivity contribution in [3.63, 3.8) is 0 Å². The molecule has 7 nitrogen and oxygen atoms in total. The molecule has 3 rings (SSSR count). The van der Waals surface area contributed by atoms with Gasteiger partial charge in [0.25, 0.3) is 0 Å². The number of para-hydroxylation sites is 1. The van der Waals surface area contributed by atoms with Gasteiger partial charge in [-0.15, -0.1) is 5.10 Å². The lowest BCUT2D eigenvalue weighted by Crippen LogP contribution is -2.32. The number of pyridine rings is 1. The highest BCUT2D eigenvalue weighted by Gasteiger charge is 2.25. The summed E-state index contributed by atoms with van der Waals surface area (Å²) in [6.07, 6.45) is -0.0399. The van der Waals surface area contributed by atoms with E-state index in [0.717, 1.165) is 0 Å². The van der Waals surface area contributed by atoms with Crippen LogP contribution in [0.3, 0.4) is 0 Å². The first kappa shape index (κ1) is 20.4. The average Bonchev–Trinajstić information content (AvgIpc) is 3.12. The zero-order valence-electron chi connectivity index (χ0n) is 15.8. The Bertz CT molecular complexity index is 976. The van der Waals surface area contributed by atoms with Crippen molar-refractivity contribution < 1.29 is 27.8 Å². The molecule has 152 valence electrons. The maximum atomic E-state index is 14.4. The van der Waals surface area contributed by atoms with Crippen LogP contribution in [-0.2, 0) is 14.3 Å². The normalized spacial score (nSPS) is 11.9. The minimum Gasteiger partial charge on any atom is -0.461 e. The number of carbonyl (C=O) groups is 1. The van der Waals surface area contributed by atoms with Gasteiger partial charge in [0.15, 0.2) is 0 Å². The Balaban J connectivity index is 2.03. The highest BCUT2D eigenvalue weighted by atomic mass is 19.1. The summed E-state index contributed by atoms with van der Waals surface area (Å²) in [7, 11) is 0. The number of esters is 1. The molecule has 3 aromatic rings. The van der Waals surface area contributed by atoms with E-state index in [2.05, 4.69) is 10.1 Å². The molecule has 0 saturated heterocycles. The SMILES string of the molecule is CCOC(=O)C(OCC)Oc1cc(-c2ccc(F)nc2)n(-c2ccccc2F)n1. The third-order valence-corrected chi connectivity index (χ3v) is 3.82. The molecule has 0 fully saturated rings. The Morgan fingerprint density at radius 2 is 1.93 bits per heavy atom. The Morgan fingerprint density at radius 3 is 2.59 bits per heavy atom. The first-order valence-electron chi connectivity index (χ1n) is 8.95. The molecule has 1 atom stereocenters. The largest absolute Gasteiger partial charge is 0.461 e. The van der Waals surface area contributed by atoms with Crippen LogP contribution in [0.15, 0.2) is 48.7 Å². The summed E-state index contributed by atoms with van der Waals surface area (Å²) >= 11 is 0. The van der Waals surface area contributed by atoms with Gasteiger partial charge in [0.2, 0.25) is 11.8 Å². The molecule has 0 aliphatic carbocycles. The Hall–Kier alpha value is -3.33. The standard InChI is InChI=1S/C20H19F2N3O4/c1-3-27-19(26)20(28-4-2)29-18-11-16(13-9-10-17(22)23-12-13)25(24-18)15-8-6-5-7-14(15)21/h5-12,20H,3-4H2,1-2H3. The third kappa shape index (κ3) is 4.75. The van der Waals surface area contributed by atoms with Gasteiger partial charge >= 0.3 is 12.3 Å². The van der Waals surface area contributed by atoms with E-state index in [4.69, 9.17) is 14.2 Å². The van der Waals surface area contributed by atoms with Crippen LogP contribution in [0, 0.1) is 11.8 Å². The second-order valence-corrected chi connectivity index (χ2v) is 5.76. The van der Waals surface area contributed by atoms with E-state index < -0.39 is 24.0 Å². The number of carbonyl (C=O) groups excluding carboxylic acids is 1. The molecule has 2 aromatic heterocycles. The number of ether oxygens (including phenoxy) is 3. The molecule has 0 bridgehead atoms. The van der Waals surface area contributed by atoms with Crippen molar-refractivity contribution in [2.45, 2.75) is 20.1 Å². The average molecular weight is 403 g/mol. The predicted molar refractivity (Wildman–Crippen MR) is 99.4 cm³/mol. The van der Waals surface area contributed by atoms with Crippen molar-refractivity contribution >= 4 is 5.97 Å². The number of aromatic nitrogens is 3. The van der Waals surface area contributed by atoms with E-state index >= 15 is 0 Å². The summed E-state index contributed by atoms with van der Waals surface area (Å²) in [5.41, 5.74) is 1.00. The number of hydrogen-bond donors (Lipinski definition) is 0. The van der Waals surface area contributed by atoms with Crippen molar-refractivity contribution in [1.82, 2.24) is 14.8 Å². The smallest absolute Gasteiger partial charge is 0.376 e. The zero-order valence-corrected chi connectivity index (χ0v) is 15.8. The zero-order chi connectivity index (χ0) is 20.8. The minimum atomic E-state index is -1.33. The Kier molecular flexibility index (Phi) is 6.50. The molecule has 0 aliphatic heterocycles. The highest BCUT2D eigenvalue weighted by molar-refractivity contribution is 5.73. The van der Waals surface area contributed by atoms with Crippen LogP contribution in [-0.4, -0.2) is 40.2 Å². The van der Waals surface area contributed by atoms with Crippen molar-refractivity contribution in [2.75, 3.05) is 13.2 Å². The quantitative estimate of drug-likeness (QED) is 0.326. The van der Waals surface area contributed by atoms with E-state index in [9.17, 15) is 13.6 Å². The van der Waals surface area contributed by atoms with Crippen LogP contribution in [0.2, 0.25) is 0 Å². The van der Waals surface area contributed by atoms with E-state index in [-0.39, 0.29) is 24.8 Å². The molecule has 0 saturated carbocycles. The molecule has 0 N–H and O–H groups in total. The van der Waals surface area contributed by atoms with E-state index in [0.29, 0.717) is 11.3 Å². The van der Waals surface area contributed by atoms with Gasteiger partial charge in [-0.3, -0.25) is 0 Å². The number of benzene rings is 1. The van der Waals surface area contributed by atoms with Gasteiger partial charge in [0.1, 0.15) is 11.5 Å². The topological polar surface area (TPSA) is 75.5 Å². The van der Waals surface area contributed by atoms with Crippen LogP contribution >= 0.6 is 0 Å². The summed E-state index contributed by atoms with van der Waals surface area (Å²) in [4.78, 5) is 15.7. The van der Waals surface area contributed by atoms with Gasteiger partial charge in [0.05, 0.1) is 12.3 Å². The maximum absolute atomic E-state index is 14.4. The van der Waals surface area contributed by atoms with Gasteiger partial charge in [0, 0.05) is 24.4 Å². The lowest BCUT2D eigenvalue weighted by atomic mass is 10.2. The highest BCUT2D eigenvalue weighted by Crippen LogP contribution is 2.28. The fourth-order valence-corrected chi connectivity index (χ4v) is 2.58. The van der Waals surface area contributed by atoms with Crippen LogP contribution in [0.4, 0.5) is 8.78 Å². The fraction of sp³-hybridized carbons (Fsp3) is 0.250. The fourth-order valence-electron chi connectivity index (χ4n) is 2.58. The first-order valence-corrected chi connectivity index (χ1v) is 8.95. The summed E-state index contributed by atoms with van der Waals surface area (Å²) in [6, 6.07) is 10.1. The second kappa shape index (κ2) is 9.24. The lowest BCUT2D eigenvalue weighted by Gasteiger charge is -2.15.